The van der Waals surface area contributed by atoms with E-state index in [2.05, 4.69) is 4.98 Å². The van der Waals surface area contributed by atoms with Crippen LogP contribution in [0.1, 0.15) is 19.5 Å². The Hall–Kier alpha value is -1.60. The van der Waals surface area contributed by atoms with Crippen LogP contribution in [0, 0.1) is 11.3 Å². The van der Waals surface area contributed by atoms with Gasteiger partial charge in [-0.1, -0.05) is 11.6 Å². The van der Waals surface area contributed by atoms with Crippen molar-refractivity contribution in [2.45, 2.75) is 19.3 Å². The van der Waals surface area contributed by atoms with E-state index in [1.807, 2.05) is 6.07 Å². The van der Waals surface area contributed by atoms with Gasteiger partial charge >= 0.3 is 5.97 Å². The van der Waals surface area contributed by atoms with Gasteiger partial charge in [-0.15, -0.1) is 0 Å². The molecule has 0 N–H and O–H groups in total. The van der Waals surface area contributed by atoms with E-state index in [1.165, 1.54) is 13.1 Å². The van der Waals surface area contributed by atoms with Crippen molar-refractivity contribution in [3.63, 3.8) is 0 Å². The third-order valence-electron chi connectivity index (χ3n) is 2.14. The molecule has 0 spiro atoms. The van der Waals surface area contributed by atoms with Crippen LogP contribution in [-0.4, -0.2) is 17.6 Å². The second-order valence-electron chi connectivity index (χ2n) is 3.29. The number of carbonyl (C=O) groups is 1. The summed E-state index contributed by atoms with van der Waals surface area (Å²) in [6, 6.07) is 5.11. The minimum absolute atomic E-state index is 0.209. The van der Waals surface area contributed by atoms with E-state index in [0.29, 0.717) is 0 Å². The molecule has 0 fully saturated rings. The first kappa shape index (κ1) is 12.5. The number of ether oxygens (including phenoxy) is 1. The summed E-state index contributed by atoms with van der Waals surface area (Å²) in [6.45, 7) is 3.33. The maximum atomic E-state index is 11.7. The molecule has 1 aromatic rings. The molecule has 0 aliphatic heterocycles. The third kappa shape index (κ3) is 2.15. The molecule has 0 aliphatic rings. The predicted molar refractivity (Wildman–Crippen MR) is 58.8 cm³/mol. The van der Waals surface area contributed by atoms with Crippen molar-refractivity contribution in [1.29, 1.82) is 5.26 Å². The molecular weight excluding hydrogens is 228 g/mol. The number of hydrogen-bond acceptors (Lipinski definition) is 4. The Kier molecular flexibility index (Phi) is 3.86. The summed E-state index contributed by atoms with van der Waals surface area (Å²) in [5.41, 5.74) is -1.24. The third-order valence-corrected chi connectivity index (χ3v) is 2.44. The number of nitrogens with zero attached hydrogens (tertiary/aromatic N) is 2. The Morgan fingerprint density at radius 3 is 2.94 bits per heavy atom. The number of halogens is 1. The fraction of sp³-hybridized carbons (Fsp3) is 0.364. The SMILES string of the molecule is CCOC(=O)[C@](C)(C#N)c1ncccc1Cl. The van der Waals surface area contributed by atoms with Crippen molar-refractivity contribution in [1.82, 2.24) is 4.98 Å². The van der Waals surface area contributed by atoms with Crippen LogP contribution in [0.25, 0.3) is 0 Å². The molecule has 16 heavy (non-hydrogen) atoms. The van der Waals surface area contributed by atoms with Crippen molar-refractivity contribution in [3.8, 4) is 6.07 Å². The van der Waals surface area contributed by atoms with Gasteiger partial charge in [-0.05, 0) is 26.0 Å². The maximum absolute atomic E-state index is 11.7. The van der Waals surface area contributed by atoms with Gasteiger partial charge in [0.15, 0.2) is 5.41 Å². The molecule has 1 aromatic heterocycles. The van der Waals surface area contributed by atoms with E-state index < -0.39 is 11.4 Å². The molecule has 0 radical (unpaired) electrons. The van der Waals surface area contributed by atoms with Gasteiger partial charge in [0.1, 0.15) is 0 Å². The van der Waals surface area contributed by atoms with Gasteiger partial charge in [-0.3, -0.25) is 4.98 Å². The van der Waals surface area contributed by atoms with Gasteiger partial charge in [0.2, 0.25) is 0 Å². The van der Waals surface area contributed by atoms with Gasteiger partial charge in [-0.25, -0.2) is 4.79 Å². The smallest absolute Gasteiger partial charge is 0.332 e. The summed E-state index contributed by atoms with van der Waals surface area (Å²) in [4.78, 5) is 15.7. The molecule has 84 valence electrons. The molecule has 0 aromatic carbocycles. The Labute approximate surface area is 98.8 Å². The molecule has 0 saturated carbocycles. The average Bonchev–Trinajstić information content (AvgIpc) is 2.29. The molecule has 0 bridgehead atoms. The summed E-state index contributed by atoms with van der Waals surface area (Å²) >= 11 is 5.91. The minimum Gasteiger partial charge on any atom is -0.465 e. The number of pyridine rings is 1. The highest BCUT2D eigenvalue weighted by atomic mass is 35.5. The molecular formula is C11H11ClN2O2. The first-order valence-corrected chi connectivity index (χ1v) is 5.13. The number of carbonyl (C=O) groups excluding carboxylic acids is 1. The summed E-state index contributed by atoms with van der Waals surface area (Å²) in [6.07, 6.45) is 1.48. The van der Waals surface area contributed by atoms with Gasteiger partial charge in [0.05, 0.1) is 23.4 Å². The average molecular weight is 239 g/mol. The van der Waals surface area contributed by atoms with Crippen LogP contribution in [0.4, 0.5) is 0 Å². The Bertz CT molecular complexity index is 442. The molecule has 0 aliphatic carbocycles. The quantitative estimate of drug-likeness (QED) is 0.757. The Morgan fingerprint density at radius 1 is 1.75 bits per heavy atom. The number of hydrogen-bond donors (Lipinski definition) is 0. The summed E-state index contributed by atoms with van der Waals surface area (Å²) < 4.78 is 4.85. The standard InChI is InChI=1S/C11H11ClN2O2/c1-3-16-10(15)11(2,7-13)9-8(12)5-4-6-14-9/h4-6H,3H2,1-2H3/t11-/m1/s1. The second kappa shape index (κ2) is 4.95. The summed E-state index contributed by atoms with van der Waals surface area (Å²) in [5.74, 6) is -0.641. The Balaban J connectivity index is 3.21. The number of aromatic nitrogens is 1. The molecule has 0 amide bonds. The van der Waals surface area contributed by atoms with Crippen LogP contribution in [0.3, 0.4) is 0 Å². The highest BCUT2D eigenvalue weighted by molar-refractivity contribution is 6.31. The van der Waals surface area contributed by atoms with Crippen molar-refractivity contribution >= 4 is 17.6 Å². The largest absolute Gasteiger partial charge is 0.465 e. The van der Waals surface area contributed by atoms with E-state index in [0.717, 1.165) is 0 Å². The second-order valence-corrected chi connectivity index (χ2v) is 3.70. The lowest BCUT2D eigenvalue weighted by Gasteiger charge is -2.19. The molecule has 0 saturated heterocycles. The molecule has 1 atom stereocenters. The van der Waals surface area contributed by atoms with Crippen molar-refractivity contribution in [2.75, 3.05) is 6.61 Å². The highest BCUT2D eigenvalue weighted by Gasteiger charge is 2.40. The topological polar surface area (TPSA) is 63.0 Å². The lowest BCUT2D eigenvalue weighted by molar-refractivity contribution is -0.147. The zero-order valence-corrected chi connectivity index (χ0v) is 9.78. The van der Waals surface area contributed by atoms with Crippen LogP contribution in [-0.2, 0) is 14.9 Å². The van der Waals surface area contributed by atoms with E-state index in [1.54, 1.807) is 19.1 Å². The van der Waals surface area contributed by atoms with Crippen molar-refractivity contribution in [3.05, 3.63) is 29.0 Å². The van der Waals surface area contributed by atoms with Crippen molar-refractivity contribution in [2.24, 2.45) is 0 Å². The van der Waals surface area contributed by atoms with E-state index in [9.17, 15) is 4.79 Å². The zero-order valence-electron chi connectivity index (χ0n) is 9.03. The molecule has 5 heteroatoms. The van der Waals surface area contributed by atoms with Crippen LogP contribution in [0.2, 0.25) is 5.02 Å². The van der Waals surface area contributed by atoms with Gasteiger partial charge in [0, 0.05) is 6.20 Å². The molecule has 4 nitrogen and oxygen atoms in total. The van der Waals surface area contributed by atoms with Crippen molar-refractivity contribution < 1.29 is 9.53 Å². The number of esters is 1. The maximum Gasteiger partial charge on any atom is 0.332 e. The minimum atomic E-state index is -1.46. The molecule has 0 unspecified atom stereocenters. The van der Waals surface area contributed by atoms with Gasteiger partial charge < -0.3 is 4.74 Å². The highest BCUT2D eigenvalue weighted by Crippen LogP contribution is 2.28. The lowest BCUT2D eigenvalue weighted by Crippen LogP contribution is -2.34. The first-order valence-electron chi connectivity index (χ1n) is 4.75. The van der Waals surface area contributed by atoms with Crippen LogP contribution < -0.4 is 0 Å². The summed E-state index contributed by atoms with van der Waals surface area (Å²) in [7, 11) is 0. The Morgan fingerprint density at radius 2 is 2.44 bits per heavy atom. The van der Waals surface area contributed by atoms with E-state index in [4.69, 9.17) is 21.6 Å². The van der Waals surface area contributed by atoms with Crippen LogP contribution in [0.5, 0.6) is 0 Å². The van der Waals surface area contributed by atoms with Gasteiger partial charge in [0.25, 0.3) is 0 Å². The van der Waals surface area contributed by atoms with Gasteiger partial charge in [-0.2, -0.15) is 5.26 Å². The van der Waals surface area contributed by atoms with Crippen LogP contribution >= 0.6 is 11.6 Å². The fourth-order valence-electron chi connectivity index (χ4n) is 1.22. The molecule has 1 heterocycles. The number of nitriles is 1. The van der Waals surface area contributed by atoms with E-state index in [-0.39, 0.29) is 17.3 Å². The normalized spacial score (nSPS) is 13.6. The zero-order chi connectivity index (χ0) is 12.2. The van der Waals surface area contributed by atoms with Crippen LogP contribution in [0.15, 0.2) is 18.3 Å². The summed E-state index contributed by atoms with van der Waals surface area (Å²) in [5, 5.41) is 9.39. The monoisotopic (exact) mass is 238 g/mol. The predicted octanol–water partition coefficient (Wildman–Crippen LogP) is 2.08. The number of rotatable bonds is 3. The fourth-order valence-corrected chi connectivity index (χ4v) is 1.53. The lowest BCUT2D eigenvalue weighted by atomic mass is 9.88. The first-order chi connectivity index (χ1) is 7.56. The van der Waals surface area contributed by atoms with E-state index >= 15 is 0 Å². The molecule has 1 rings (SSSR count).